The molecule has 1 aromatic heterocycles. The van der Waals surface area contributed by atoms with Crippen LogP contribution in [0.15, 0.2) is 74.1 Å². The molecule has 4 aromatic rings. The van der Waals surface area contributed by atoms with Gasteiger partial charge in [-0.1, -0.05) is 58.3 Å². The van der Waals surface area contributed by atoms with Crippen LogP contribution in [-0.4, -0.2) is 30.4 Å². The van der Waals surface area contributed by atoms with E-state index in [0.29, 0.717) is 62.9 Å². The molecule has 0 saturated heterocycles. The number of carbonyl (C=O) groups excluding carboxylic acids is 1. The molecule has 0 spiro atoms. The second-order valence-electron chi connectivity index (χ2n) is 10.7. The van der Waals surface area contributed by atoms with Crippen LogP contribution in [0.5, 0.6) is 17.2 Å². The Bertz CT molecular complexity index is 2050. The maximum atomic E-state index is 14.1. The first kappa shape index (κ1) is 35.0. The number of esters is 1. The normalized spacial score (nSPS) is 14.6. The van der Waals surface area contributed by atoms with Crippen LogP contribution in [0, 0.1) is 0 Å². The number of ether oxygens (including phenoxy) is 4. The van der Waals surface area contributed by atoms with Crippen molar-refractivity contribution in [1.82, 2.24) is 4.57 Å². The number of rotatable bonds is 10. The molecule has 47 heavy (non-hydrogen) atoms. The molecule has 8 nitrogen and oxygen atoms in total. The Morgan fingerprint density at radius 3 is 2.51 bits per heavy atom. The molecule has 0 unspecified atom stereocenters. The van der Waals surface area contributed by atoms with Crippen molar-refractivity contribution in [3.8, 4) is 17.2 Å². The first-order valence-corrected chi connectivity index (χ1v) is 17.3. The van der Waals surface area contributed by atoms with Gasteiger partial charge in [-0.15, -0.1) is 0 Å². The molecule has 0 radical (unpaired) electrons. The number of fused-ring (bicyclic) bond motifs is 1. The van der Waals surface area contributed by atoms with Crippen molar-refractivity contribution >= 4 is 74.1 Å². The minimum absolute atomic E-state index is 0.0826. The fourth-order valence-corrected chi connectivity index (χ4v) is 7.55. The Labute approximate surface area is 298 Å². The average Bonchev–Trinajstić information content (AvgIpc) is 3.30. The maximum absolute atomic E-state index is 14.1. The van der Waals surface area contributed by atoms with Crippen LogP contribution in [0.1, 0.15) is 50.4 Å². The number of hydrogen-bond donors (Lipinski definition) is 0. The quantitative estimate of drug-likeness (QED) is 0.152. The zero-order valence-electron chi connectivity index (χ0n) is 26.0. The van der Waals surface area contributed by atoms with Crippen LogP contribution in [-0.2, 0) is 16.1 Å². The van der Waals surface area contributed by atoms with Crippen LogP contribution in [0.3, 0.4) is 0 Å². The Balaban J connectivity index is 1.57. The van der Waals surface area contributed by atoms with Gasteiger partial charge in [0.05, 0.1) is 51.2 Å². The van der Waals surface area contributed by atoms with Gasteiger partial charge < -0.3 is 18.9 Å². The smallest absolute Gasteiger partial charge is 0.338 e. The number of methoxy groups -OCH3 is 1. The third kappa shape index (κ3) is 7.57. The molecule has 0 bridgehead atoms. The lowest BCUT2D eigenvalue weighted by Crippen LogP contribution is -2.40. The number of allylic oxidation sites excluding steroid dienone is 1. The topological polar surface area (TPSA) is 88.4 Å². The van der Waals surface area contributed by atoms with E-state index in [-0.39, 0.29) is 30.5 Å². The van der Waals surface area contributed by atoms with Crippen molar-refractivity contribution in [1.29, 1.82) is 0 Å². The van der Waals surface area contributed by atoms with Gasteiger partial charge in [-0.25, -0.2) is 9.79 Å². The van der Waals surface area contributed by atoms with Gasteiger partial charge in [0.25, 0.3) is 5.56 Å². The van der Waals surface area contributed by atoms with E-state index in [1.165, 1.54) is 23.0 Å². The highest BCUT2D eigenvalue weighted by Crippen LogP contribution is 2.38. The number of aromatic nitrogens is 1. The first-order valence-electron chi connectivity index (χ1n) is 14.5. The lowest BCUT2D eigenvalue weighted by molar-refractivity contribution is -0.139. The van der Waals surface area contributed by atoms with E-state index in [0.717, 1.165) is 5.56 Å². The van der Waals surface area contributed by atoms with Gasteiger partial charge in [0.15, 0.2) is 22.0 Å². The van der Waals surface area contributed by atoms with Gasteiger partial charge in [-0.05, 0) is 97.2 Å². The molecule has 246 valence electrons. The van der Waals surface area contributed by atoms with Crippen molar-refractivity contribution in [3.63, 3.8) is 0 Å². The minimum Gasteiger partial charge on any atom is -0.493 e. The van der Waals surface area contributed by atoms with E-state index in [4.69, 9.17) is 53.8 Å². The zero-order valence-corrected chi connectivity index (χ0v) is 30.7. The maximum Gasteiger partial charge on any atom is 0.338 e. The summed E-state index contributed by atoms with van der Waals surface area (Å²) >= 11 is 23.7. The molecule has 1 aliphatic heterocycles. The second kappa shape index (κ2) is 14.9. The number of thiazole rings is 1. The van der Waals surface area contributed by atoms with Crippen molar-refractivity contribution in [2.45, 2.75) is 46.4 Å². The Hall–Kier alpha value is -3.28. The highest BCUT2D eigenvalue weighted by Gasteiger charge is 2.34. The molecule has 0 N–H and O–H groups in total. The van der Waals surface area contributed by atoms with Crippen molar-refractivity contribution in [2.75, 3.05) is 13.7 Å². The van der Waals surface area contributed by atoms with E-state index in [1.807, 2.05) is 19.9 Å². The molecule has 5 rings (SSSR count). The second-order valence-corrected chi connectivity index (χ2v) is 13.8. The Morgan fingerprint density at radius 1 is 1.09 bits per heavy atom. The average molecular weight is 781 g/mol. The SMILES string of the molecule is CCOC(=O)C1=C(C)N=c2s/c(=C\c3cc(Cl)c(OCc4ccc(Cl)cc4Cl)c(Br)c3)c(=O)n2[C@@H]1c1ccc(OC(C)C)c(OC)c1. The van der Waals surface area contributed by atoms with Gasteiger partial charge in [-0.2, -0.15) is 0 Å². The predicted octanol–water partition coefficient (Wildman–Crippen LogP) is 7.90. The Kier molecular flexibility index (Phi) is 11.1. The molecule has 0 fully saturated rings. The number of nitrogens with zero attached hydrogens (tertiary/aromatic N) is 2. The van der Waals surface area contributed by atoms with Gasteiger partial charge in [-0.3, -0.25) is 9.36 Å². The third-order valence-electron chi connectivity index (χ3n) is 7.09. The highest BCUT2D eigenvalue weighted by molar-refractivity contribution is 9.10. The number of halogens is 4. The zero-order chi connectivity index (χ0) is 34.0. The molecular weight excluding hydrogens is 751 g/mol. The fourth-order valence-electron chi connectivity index (χ4n) is 5.05. The van der Waals surface area contributed by atoms with Crippen molar-refractivity contribution < 1.29 is 23.7 Å². The lowest BCUT2D eigenvalue weighted by Gasteiger charge is -2.25. The minimum atomic E-state index is -0.819. The van der Waals surface area contributed by atoms with Crippen LogP contribution in [0.4, 0.5) is 0 Å². The molecule has 0 saturated carbocycles. The standard InChI is InChI=1S/C34H30BrCl3N2O6S/c1-6-44-33(42)29-18(4)39-34-40(30(29)20-8-10-26(46-17(2)3)27(14-20)43-5)32(41)28(47-34)13-19-11-23(35)31(25(38)12-19)45-16-21-7-9-22(36)15-24(21)37/h7-15,17,30H,6,16H2,1-5H3/b28-13-/t30-/m1/s1. The molecular formula is C34H30BrCl3N2O6S. The largest absolute Gasteiger partial charge is 0.493 e. The summed E-state index contributed by atoms with van der Waals surface area (Å²) in [6, 6.07) is 13.2. The van der Waals surface area contributed by atoms with E-state index in [1.54, 1.807) is 62.4 Å². The van der Waals surface area contributed by atoms with Crippen molar-refractivity contribution in [2.24, 2.45) is 4.99 Å². The summed E-state index contributed by atoms with van der Waals surface area (Å²) in [5.74, 6) is 0.880. The van der Waals surface area contributed by atoms with Crippen LogP contribution < -0.4 is 29.1 Å². The summed E-state index contributed by atoms with van der Waals surface area (Å²) in [6.07, 6.45) is 1.64. The number of carbonyl (C=O) groups is 1. The number of hydrogen-bond acceptors (Lipinski definition) is 8. The first-order chi connectivity index (χ1) is 22.4. The summed E-state index contributed by atoms with van der Waals surface area (Å²) in [5, 5.41) is 1.34. The lowest BCUT2D eigenvalue weighted by atomic mass is 9.95. The third-order valence-corrected chi connectivity index (χ3v) is 9.53. The van der Waals surface area contributed by atoms with Crippen molar-refractivity contribution in [3.05, 3.63) is 116 Å². The molecule has 1 aliphatic rings. The van der Waals surface area contributed by atoms with E-state index < -0.39 is 12.0 Å². The summed E-state index contributed by atoms with van der Waals surface area (Å²) in [4.78, 5) is 32.5. The molecule has 2 heterocycles. The Morgan fingerprint density at radius 2 is 1.85 bits per heavy atom. The van der Waals surface area contributed by atoms with E-state index in [2.05, 4.69) is 20.9 Å². The van der Waals surface area contributed by atoms with Crippen LogP contribution >= 0.6 is 62.1 Å². The predicted molar refractivity (Wildman–Crippen MR) is 189 cm³/mol. The summed E-state index contributed by atoms with van der Waals surface area (Å²) in [6.45, 7) is 7.63. The van der Waals surface area contributed by atoms with Gasteiger partial charge in [0.1, 0.15) is 6.61 Å². The van der Waals surface area contributed by atoms with Gasteiger partial charge >= 0.3 is 5.97 Å². The molecule has 0 aliphatic carbocycles. The fraction of sp³-hybridized carbons (Fsp3) is 0.265. The van der Waals surface area contributed by atoms with E-state index in [9.17, 15) is 9.59 Å². The molecule has 1 atom stereocenters. The summed E-state index contributed by atoms with van der Waals surface area (Å²) < 4.78 is 25.4. The number of benzene rings is 3. The monoisotopic (exact) mass is 778 g/mol. The summed E-state index contributed by atoms with van der Waals surface area (Å²) in [5.41, 5.74) is 2.42. The molecule has 0 amide bonds. The van der Waals surface area contributed by atoms with Gasteiger partial charge in [0, 0.05) is 15.6 Å². The summed E-state index contributed by atoms with van der Waals surface area (Å²) in [7, 11) is 1.54. The van der Waals surface area contributed by atoms with Crippen LogP contribution in [0.25, 0.3) is 6.08 Å². The molecule has 13 heteroatoms. The molecule has 3 aromatic carbocycles. The van der Waals surface area contributed by atoms with E-state index >= 15 is 0 Å². The highest BCUT2D eigenvalue weighted by atomic mass is 79.9. The van der Waals surface area contributed by atoms with Gasteiger partial charge in [0.2, 0.25) is 0 Å². The van der Waals surface area contributed by atoms with Crippen LogP contribution in [0.2, 0.25) is 15.1 Å².